The fourth-order valence-corrected chi connectivity index (χ4v) is 5.53. The van der Waals surface area contributed by atoms with Crippen molar-refractivity contribution in [3.63, 3.8) is 0 Å². The second kappa shape index (κ2) is 5.73. The van der Waals surface area contributed by atoms with Crippen molar-refractivity contribution in [2.45, 2.75) is 57.9 Å². The summed E-state index contributed by atoms with van der Waals surface area (Å²) >= 11 is 0. The van der Waals surface area contributed by atoms with Crippen LogP contribution >= 0.6 is 12.4 Å². The van der Waals surface area contributed by atoms with E-state index in [0.29, 0.717) is 23.3 Å². The Hall–Kier alpha value is -0.280. The number of nitrogens with one attached hydrogen (secondary N) is 2. The molecule has 3 saturated carbocycles. The van der Waals surface area contributed by atoms with Crippen LogP contribution < -0.4 is 10.6 Å². The van der Waals surface area contributed by atoms with E-state index in [1.807, 2.05) is 0 Å². The summed E-state index contributed by atoms with van der Waals surface area (Å²) < 4.78 is 0. The standard InChI is InChI=1S/C17H28N2O.ClH/c1-11(14-9-12-2-3-13(14)8-12)19-16(20)15-10-17(15)4-6-18-7-5-17;/h11-15,18H,2-10H2,1H3,(H,19,20);1H. The fraction of sp³-hybridized carbons (Fsp3) is 0.941. The molecule has 0 aromatic heterocycles. The van der Waals surface area contributed by atoms with Gasteiger partial charge in [-0.1, -0.05) is 6.42 Å². The molecule has 1 aliphatic heterocycles. The number of hydrogen-bond donors (Lipinski definition) is 2. The summed E-state index contributed by atoms with van der Waals surface area (Å²) in [6.07, 6.45) is 9.20. The fourth-order valence-electron chi connectivity index (χ4n) is 5.53. The van der Waals surface area contributed by atoms with Crippen LogP contribution in [-0.4, -0.2) is 25.0 Å². The van der Waals surface area contributed by atoms with Gasteiger partial charge in [0.25, 0.3) is 0 Å². The minimum Gasteiger partial charge on any atom is -0.353 e. The van der Waals surface area contributed by atoms with E-state index < -0.39 is 0 Å². The number of amides is 1. The lowest BCUT2D eigenvalue weighted by atomic mass is 9.84. The quantitative estimate of drug-likeness (QED) is 0.841. The SMILES string of the molecule is CC(NC(=O)C1CC12CCNCC2)C1CC2CCC1C2.Cl. The summed E-state index contributed by atoms with van der Waals surface area (Å²) in [5, 5.41) is 6.79. The molecule has 4 rings (SSSR count). The van der Waals surface area contributed by atoms with Gasteiger partial charge in [0.05, 0.1) is 0 Å². The molecule has 2 N–H and O–H groups in total. The zero-order chi connectivity index (χ0) is 13.7. The number of hydrogen-bond acceptors (Lipinski definition) is 2. The van der Waals surface area contributed by atoms with Crippen molar-refractivity contribution < 1.29 is 4.79 Å². The van der Waals surface area contributed by atoms with Gasteiger partial charge in [0.2, 0.25) is 5.91 Å². The first-order valence-electron chi connectivity index (χ1n) is 8.69. The molecular formula is C17H29ClN2O. The Morgan fingerprint density at radius 2 is 2.00 bits per heavy atom. The second-order valence-electron chi connectivity index (χ2n) is 8.01. The van der Waals surface area contributed by atoms with E-state index in [1.54, 1.807) is 0 Å². The Morgan fingerprint density at radius 1 is 1.24 bits per heavy atom. The van der Waals surface area contributed by atoms with Crippen LogP contribution in [0.5, 0.6) is 0 Å². The molecule has 5 unspecified atom stereocenters. The minimum atomic E-state index is 0. The molecule has 4 aliphatic rings. The molecule has 1 spiro atoms. The molecule has 0 aromatic carbocycles. The summed E-state index contributed by atoms with van der Waals surface area (Å²) in [7, 11) is 0. The largest absolute Gasteiger partial charge is 0.353 e. The van der Waals surface area contributed by atoms with Gasteiger partial charge in [-0.15, -0.1) is 12.4 Å². The van der Waals surface area contributed by atoms with Crippen LogP contribution in [0, 0.1) is 29.1 Å². The Labute approximate surface area is 134 Å². The summed E-state index contributed by atoms with van der Waals surface area (Å²) in [5.41, 5.74) is 0.379. The highest BCUT2D eigenvalue weighted by atomic mass is 35.5. The lowest BCUT2D eigenvalue weighted by Crippen LogP contribution is -2.42. The summed E-state index contributed by atoms with van der Waals surface area (Å²) in [5.74, 6) is 3.33. The maximum absolute atomic E-state index is 12.5. The number of carbonyl (C=O) groups excluding carboxylic acids is 1. The highest BCUT2D eigenvalue weighted by molar-refractivity contribution is 5.85. The highest BCUT2D eigenvalue weighted by Crippen LogP contribution is 2.58. The van der Waals surface area contributed by atoms with Gasteiger partial charge in [0, 0.05) is 12.0 Å². The Morgan fingerprint density at radius 3 is 2.62 bits per heavy atom. The number of piperidine rings is 1. The number of halogens is 1. The van der Waals surface area contributed by atoms with Crippen LogP contribution in [0.25, 0.3) is 0 Å². The van der Waals surface area contributed by atoms with E-state index in [9.17, 15) is 4.79 Å². The van der Waals surface area contributed by atoms with Gasteiger partial charge in [-0.2, -0.15) is 0 Å². The van der Waals surface area contributed by atoms with Gasteiger partial charge in [0.15, 0.2) is 0 Å². The van der Waals surface area contributed by atoms with Crippen molar-refractivity contribution >= 4 is 18.3 Å². The molecule has 3 nitrogen and oxygen atoms in total. The summed E-state index contributed by atoms with van der Waals surface area (Å²) in [6.45, 7) is 4.46. The predicted octanol–water partition coefficient (Wildman–Crippen LogP) is 2.74. The number of rotatable bonds is 3. The molecule has 1 amide bonds. The molecule has 2 bridgehead atoms. The molecule has 0 aromatic rings. The normalized spacial score (nSPS) is 40.6. The lowest BCUT2D eigenvalue weighted by Gasteiger charge is -2.29. The van der Waals surface area contributed by atoms with E-state index in [-0.39, 0.29) is 12.4 Å². The Bertz CT molecular complexity index is 408. The molecule has 1 saturated heterocycles. The maximum atomic E-state index is 12.5. The van der Waals surface area contributed by atoms with Crippen molar-refractivity contribution in [2.75, 3.05) is 13.1 Å². The smallest absolute Gasteiger partial charge is 0.223 e. The van der Waals surface area contributed by atoms with Gasteiger partial charge in [-0.05, 0) is 81.7 Å². The van der Waals surface area contributed by atoms with E-state index in [4.69, 9.17) is 0 Å². The van der Waals surface area contributed by atoms with Crippen molar-refractivity contribution in [2.24, 2.45) is 29.1 Å². The van der Waals surface area contributed by atoms with Crippen LogP contribution in [0.2, 0.25) is 0 Å². The van der Waals surface area contributed by atoms with Gasteiger partial charge >= 0.3 is 0 Å². The molecule has 5 atom stereocenters. The van der Waals surface area contributed by atoms with Gasteiger partial charge in [-0.25, -0.2) is 0 Å². The predicted molar refractivity (Wildman–Crippen MR) is 86.4 cm³/mol. The van der Waals surface area contributed by atoms with Gasteiger partial charge < -0.3 is 10.6 Å². The van der Waals surface area contributed by atoms with E-state index in [2.05, 4.69) is 17.6 Å². The van der Waals surface area contributed by atoms with Crippen molar-refractivity contribution in [3.05, 3.63) is 0 Å². The third-order valence-corrected chi connectivity index (χ3v) is 6.91. The van der Waals surface area contributed by atoms with E-state index in [0.717, 1.165) is 37.3 Å². The lowest BCUT2D eigenvalue weighted by molar-refractivity contribution is -0.124. The zero-order valence-electron chi connectivity index (χ0n) is 13.1. The average Bonchev–Trinajstić information content (AvgIpc) is 2.84. The van der Waals surface area contributed by atoms with Crippen molar-refractivity contribution in [1.82, 2.24) is 10.6 Å². The summed E-state index contributed by atoms with van der Waals surface area (Å²) in [6, 6.07) is 0.400. The molecular weight excluding hydrogens is 284 g/mol. The van der Waals surface area contributed by atoms with Gasteiger partial charge in [-0.3, -0.25) is 4.79 Å². The average molecular weight is 313 g/mol. The first kappa shape index (κ1) is 15.6. The minimum absolute atomic E-state index is 0. The monoisotopic (exact) mass is 312 g/mol. The molecule has 4 heteroatoms. The van der Waals surface area contributed by atoms with Crippen LogP contribution in [0.1, 0.15) is 51.9 Å². The zero-order valence-corrected chi connectivity index (χ0v) is 13.9. The van der Waals surface area contributed by atoms with Gasteiger partial charge in [0.1, 0.15) is 0 Å². The van der Waals surface area contributed by atoms with Crippen LogP contribution in [0.15, 0.2) is 0 Å². The second-order valence-corrected chi connectivity index (χ2v) is 8.01. The molecule has 0 radical (unpaired) electrons. The third-order valence-electron chi connectivity index (χ3n) is 6.91. The molecule has 1 heterocycles. The molecule has 120 valence electrons. The molecule has 21 heavy (non-hydrogen) atoms. The molecule has 3 aliphatic carbocycles. The molecule has 4 fully saturated rings. The van der Waals surface area contributed by atoms with E-state index >= 15 is 0 Å². The van der Waals surface area contributed by atoms with E-state index in [1.165, 1.54) is 38.5 Å². The summed E-state index contributed by atoms with van der Waals surface area (Å²) in [4.78, 5) is 12.5. The first-order chi connectivity index (χ1) is 9.68. The first-order valence-corrected chi connectivity index (χ1v) is 8.69. The topological polar surface area (TPSA) is 41.1 Å². The van der Waals surface area contributed by atoms with Crippen LogP contribution in [0.4, 0.5) is 0 Å². The van der Waals surface area contributed by atoms with Crippen LogP contribution in [-0.2, 0) is 4.79 Å². The van der Waals surface area contributed by atoms with Crippen LogP contribution in [0.3, 0.4) is 0 Å². The Kier molecular flexibility index (Phi) is 4.26. The highest BCUT2D eigenvalue weighted by Gasteiger charge is 2.58. The number of fused-ring (bicyclic) bond motifs is 2. The van der Waals surface area contributed by atoms with Crippen molar-refractivity contribution in [1.29, 1.82) is 0 Å². The van der Waals surface area contributed by atoms with Crippen molar-refractivity contribution in [3.8, 4) is 0 Å². The maximum Gasteiger partial charge on any atom is 0.223 e. The Balaban J connectivity index is 0.00000132. The number of carbonyl (C=O) groups is 1. The third kappa shape index (κ3) is 2.72.